The minimum absolute atomic E-state index is 0.448. The van der Waals surface area contributed by atoms with Crippen molar-refractivity contribution >= 4 is 11.8 Å². The highest BCUT2D eigenvalue weighted by atomic mass is 32.2. The van der Waals surface area contributed by atoms with Gasteiger partial charge in [0.25, 0.3) is 0 Å². The predicted molar refractivity (Wildman–Crippen MR) is 77.8 cm³/mol. The summed E-state index contributed by atoms with van der Waals surface area (Å²) in [5.41, 5.74) is 0. The number of hydrogen-bond donors (Lipinski definition) is 1. The van der Waals surface area contributed by atoms with Crippen LogP contribution >= 0.6 is 11.8 Å². The molecule has 2 rings (SSSR count). The van der Waals surface area contributed by atoms with Gasteiger partial charge in [-0.25, -0.2) is 0 Å². The first kappa shape index (κ1) is 13.7. The highest BCUT2D eigenvalue weighted by Crippen LogP contribution is 2.31. The lowest BCUT2D eigenvalue weighted by atomic mass is 10.1. The molecule has 1 saturated heterocycles. The Labute approximate surface area is 111 Å². The number of hydrogen-bond acceptors (Lipinski definition) is 3. The Kier molecular flexibility index (Phi) is 4.79. The maximum Gasteiger partial charge on any atom is 0.0231 e. The molecule has 1 unspecified atom stereocenters. The summed E-state index contributed by atoms with van der Waals surface area (Å²) in [6.45, 7) is 10.8. The van der Waals surface area contributed by atoms with Crippen molar-refractivity contribution in [3.05, 3.63) is 0 Å². The molecule has 0 bridgehead atoms. The molecule has 17 heavy (non-hydrogen) atoms. The minimum atomic E-state index is 0.448. The molecule has 0 aromatic heterocycles. The van der Waals surface area contributed by atoms with Crippen molar-refractivity contribution in [2.24, 2.45) is 0 Å². The maximum atomic E-state index is 3.72. The predicted octanol–water partition coefficient (Wildman–Crippen LogP) is 2.73. The summed E-state index contributed by atoms with van der Waals surface area (Å²) in [5.74, 6) is 1.30. The van der Waals surface area contributed by atoms with E-state index in [1.807, 2.05) is 0 Å². The van der Waals surface area contributed by atoms with Crippen molar-refractivity contribution < 1.29 is 0 Å². The fourth-order valence-corrected chi connectivity index (χ4v) is 3.84. The Morgan fingerprint density at radius 2 is 2.18 bits per heavy atom. The van der Waals surface area contributed by atoms with Crippen LogP contribution in [-0.2, 0) is 0 Å². The molecule has 2 nitrogen and oxygen atoms in total. The number of rotatable bonds is 6. The molecule has 0 radical (unpaired) electrons. The molecule has 1 heterocycles. The Hall–Kier alpha value is 0.270. The Bertz CT molecular complexity index is 238. The Balaban J connectivity index is 1.84. The molecule has 3 heteroatoms. The van der Waals surface area contributed by atoms with Gasteiger partial charge >= 0.3 is 0 Å². The molecule has 1 atom stereocenters. The molecule has 0 aromatic rings. The summed E-state index contributed by atoms with van der Waals surface area (Å²) >= 11 is 2.13. The van der Waals surface area contributed by atoms with Gasteiger partial charge in [-0.1, -0.05) is 13.3 Å². The molecule has 0 spiro atoms. The molecule has 2 aliphatic rings. The van der Waals surface area contributed by atoms with Crippen LogP contribution in [0.25, 0.3) is 0 Å². The molecule has 1 N–H and O–H groups in total. The van der Waals surface area contributed by atoms with Crippen molar-refractivity contribution in [3.63, 3.8) is 0 Å². The zero-order valence-electron chi connectivity index (χ0n) is 11.7. The largest absolute Gasteiger partial charge is 0.312 e. The molecular formula is C14H28N2S. The third-order valence-electron chi connectivity index (χ3n) is 3.81. The smallest absolute Gasteiger partial charge is 0.0231 e. The average molecular weight is 256 g/mol. The second-order valence-corrected chi connectivity index (χ2v) is 8.01. The van der Waals surface area contributed by atoms with Crippen LogP contribution < -0.4 is 5.32 Å². The van der Waals surface area contributed by atoms with Gasteiger partial charge in [0.05, 0.1) is 0 Å². The van der Waals surface area contributed by atoms with Crippen molar-refractivity contribution in [2.45, 2.75) is 63.3 Å². The van der Waals surface area contributed by atoms with Gasteiger partial charge in [-0.05, 0) is 33.1 Å². The minimum Gasteiger partial charge on any atom is -0.312 e. The van der Waals surface area contributed by atoms with Gasteiger partial charge < -0.3 is 5.32 Å². The number of thioether (sulfide) groups is 1. The van der Waals surface area contributed by atoms with Gasteiger partial charge in [-0.15, -0.1) is 0 Å². The summed E-state index contributed by atoms with van der Waals surface area (Å²) in [7, 11) is 0. The average Bonchev–Trinajstić information content (AvgIpc) is 3.06. The number of nitrogens with one attached hydrogen (secondary N) is 1. The lowest BCUT2D eigenvalue weighted by molar-refractivity contribution is 0.173. The summed E-state index contributed by atoms with van der Waals surface area (Å²) < 4.78 is 0.448. The zero-order chi connectivity index (χ0) is 12.3. The molecule has 1 aliphatic heterocycles. The van der Waals surface area contributed by atoms with Crippen LogP contribution in [-0.4, -0.2) is 47.1 Å². The van der Waals surface area contributed by atoms with Crippen molar-refractivity contribution in [1.82, 2.24) is 10.2 Å². The van der Waals surface area contributed by atoms with E-state index in [2.05, 4.69) is 42.7 Å². The highest BCUT2D eigenvalue weighted by molar-refractivity contribution is 8.00. The van der Waals surface area contributed by atoms with Crippen molar-refractivity contribution in [1.29, 1.82) is 0 Å². The summed E-state index contributed by atoms with van der Waals surface area (Å²) in [6, 6.07) is 1.61. The molecule has 0 amide bonds. The van der Waals surface area contributed by atoms with E-state index in [0.717, 1.165) is 12.1 Å². The van der Waals surface area contributed by atoms with Crippen LogP contribution in [0.5, 0.6) is 0 Å². The quantitative estimate of drug-likeness (QED) is 0.787. The van der Waals surface area contributed by atoms with Crippen LogP contribution in [0.3, 0.4) is 0 Å². The second-order valence-electron chi connectivity index (χ2n) is 6.20. The summed E-state index contributed by atoms with van der Waals surface area (Å²) in [6.07, 6.45) is 5.46. The van der Waals surface area contributed by atoms with Gasteiger partial charge in [0, 0.05) is 42.2 Å². The third kappa shape index (κ3) is 4.46. The monoisotopic (exact) mass is 256 g/mol. The fraction of sp³-hybridized carbons (Fsp3) is 1.00. The molecular weight excluding hydrogens is 228 g/mol. The van der Waals surface area contributed by atoms with Gasteiger partial charge in [0.2, 0.25) is 0 Å². The van der Waals surface area contributed by atoms with E-state index in [1.54, 1.807) is 0 Å². The lowest BCUT2D eigenvalue weighted by Gasteiger charge is -2.42. The first-order chi connectivity index (χ1) is 8.11. The van der Waals surface area contributed by atoms with Crippen LogP contribution in [0.2, 0.25) is 0 Å². The van der Waals surface area contributed by atoms with Gasteiger partial charge in [0.15, 0.2) is 0 Å². The highest BCUT2D eigenvalue weighted by Gasteiger charge is 2.31. The van der Waals surface area contributed by atoms with Crippen LogP contribution in [0.15, 0.2) is 0 Å². The van der Waals surface area contributed by atoms with Crippen LogP contribution in [0.1, 0.15) is 46.5 Å². The number of nitrogens with zero attached hydrogens (tertiary/aromatic N) is 1. The second kappa shape index (κ2) is 5.94. The third-order valence-corrected chi connectivity index (χ3v) is 5.11. The van der Waals surface area contributed by atoms with E-state index >= 15 is 0 Å². The molecule has 1 aliphatic carbocycles. The van der Waals surface area contributed by atoms with E-state index in [9.17, 15) is 0 Å². The molecule has 2 fully saturated rings. The first-order valence-electron chi connectivity index (χ1n) is 7.22. The first-order valence-corrected chi connectivity index (χ1v) is 8.20. The lowest BCUT2D eigenvalue weighted by Crippen LogP contribution is -2.51. The Morgan fingerprint density at radius 1 is 1.41 bits per heavy atom. The van der Waals surface area contributed by atoms with E-state index < -0.39 is 0 Å². The summed E-state index contributed by atoms with van der Waals surface area (Å²) in [5, 5.41) is 3.72. The van der Waals surface area contributed by atoms with E-state index in [-0.39, 0.29) is 0 Å². The van der Waals surface area contributed by atoms with Crippen LogP contribution in [0, 0.1) is 0 Å². The standard InChI is InChI=1S/C14H28N2S/c1-4-5-13(10-15-12-6-7-12)16-8-9-17-14(2,3)11-16/h12-13,15H,4-11H2,1-3H3. The van der Waals surface area contributed by atoms with E-state index in [0.29, 0.717) is 4.75 Å². The molecule has 0 aromatic carbocycles. The molecule has 100 valence electrons. The van der Waals surface area contributed by atoms with E-state index in [4.69, 9.17) is 0 Å². The topological polar surface area (TPSA) is 15.3 Å². The van der Waals surface area contributed by atoms with Crippen LogP contribution in [0.4, 0.5) is 0 Å². The van der Waals surface area contributed by atoms with Crippen molar-refractivity contribution in [2.75, 3.05) is 25.4 Å². The van der Waals surface area contributed by atoms with Gasteiger partial charge in [0.1, 0.15) is 0 Å². The van der Waals surface area contributed by atoms with Gasteiger partial charge in [-0.2, -0.15) is 11.8 Å². The van der Waals surface area contributed by atoms with Crippen molar-refractivity contribution in [3.8, 4) is 0 Å². The molecule has 1 saturated carbocycles. The zero-order valence-corrected chi connectivity index (χ0v) is 12.5. The fourth-order valence-electron chi connectivity index (χ4n) is 2.70. The van der Waals surface area contributed by atoms with E-state index in [1.165, 1.54) is 51.1 Å². The normalized spacial score (nSPS) is 27.0. The van der Waals surface area contributed by atoms with Gasteiger partial charge in [-0.3, -0.25) is 4.90 Å². The Morgan fingerprint density at radius 3 is 2.76 bits per heavy atom. The maximum absolute atomic E-state index is 3.72. The SMILES string of the molecule is CCCC(CNC1CC1)N1CCSC(C)(C)C1. The summed E-state index contributed by atoms with van der Waals surface area (Å²) in [4.78, 5) is 2.73.